The lowest BCUT2D eigenvalue weighted by atomic mass is 10.0. The summed E-state index contributed by atoms with van der Waals surface area (Å²) in [6.07, 6.45) is 0. The van der Waals surface area contributed by atoms with E-state index in [0.717, 1.165) is 12.1 Å². The van der Waals surface area contributed by atoms with Gasteiger partial charge in [0.1, 0.15) is 0 Å². The SMILES string of the molecule is COCCNS(=O)(=O)c1cc(C(=O)O)cc(-c2ccc(OC)c(F)c2)c1. The number of aromatic carboxylic acids is 1. The number of ether oxygens (including phenoxy) is 2. The van der Waals surface area contributed by atoms with Crippen LogP contribution in [0.4, 0.5) is 4.39 Å². The van der Waals surface area contributed by atoms with Gasteiger partial charge in [0, 0.05) is 13.7 Å². The number of methoxy groups -OCH3 is 2. The summed E-state index contributed by atoms with van der Waals surface area (Å²) in [5.41, 5.74) is 0.337. The first-order valence-corrected chi connectivity index (χ1v) is 8.97. The maximum absolute atomic E-state index is 13.9. The van der Waals surface area contributed by atoms with E-state index in [9.17, 15) is 22.7 Å². The summed E-state index contributed by atoms with van der Waals surface area (Å²) in [6.45, 7) is 0.191. The number of rotatable bonds is 8. The van der Waals surface area contributed by atoms with E-state index >= 15 is 0 Å². The quantitative estimate of drug-likeness (QED) is 0.677. The molecule has 2 rings (SSSR count). The molecule has 7 nitrogen and oxygen atoms in total. The van der Waals surface area contributed by atoms with Crippen LogP contribution in [0.2, 0.25) is 0 Å². The molecule has 0 fully saturated rings. The number of carboxylic acid groups (broad SMARTS) is 1. The van der Waals surface area contributed by atoms with Crippen LogP contribution in [-0.4, -0.2) is 46.9 Å². The zero-order valence-electron chi connectivity index (χ0n) is 14.2. The van der Waals surface area contributed by atoms with Crippen molar-refractivity contribution < 1.29 is 32.2 Å². The van der Waals surface area contributed by atoms with Crippen LogP contribution in [0.25, 0.3) is 11.1 Å². The smallest absolute Gasteiger partial charge is 0.335 e. The Labute approximate surface area is 150 Å². The highest BCUT2D eigenvalue weighted by atomic mass is 32.2. The van der Waals surface area contributed by atoms with Crippen LogP contribution in [0.3, 0.4) is 0 Å². The van der Waals surface area contributed by atoms with Crippen molar-refractivity contribution in [3.8, 4) is 16.9 Å². The monoisotopic (exact) mass is 383 g/mol. The van der Waals surface area contributed by atoms with E-state index in [1.165, 1.54) is 38.5 Å². The molecule has 0 amide bonds. The third-order valence-corrected chi connectivity index (χ3v) is 4.99. The van der Waals surface area contributed by atoms with E-state index in [1.807, 2.05) is 0 Å². The van der Waals surface area contributed by atoms with Gasteiger partial charge in [-0.25, -0.2) is 22.3 Å². The summed E-state index contributed by atoms with van der Waals surface area (Å²) in [6, 6.07) is 7.64. The highest BCUT2D eigenvalue weighted by Gasteiger charge is 2.18. The van der Waals surface area contributed by atoms with Crippen molar-refractivity contribution in [2.45, 2.75) is 4.90 Å². The number of hydrogen-bond acceptors (Lipinski definition) is 5. The molecule has 0 aliphatic heterocycles. The first-order chi connectivity index (χ1) is 12.3. The molecule has 0 atom stereocenters. The van der Waals surface area contributed by atoms with E-state index < -0.39 is 21.8 Å². The van der Waals surface area contributed by atoms with Crippen molar-refractivity contribution in [1.29, 1.82) is 0 Å². The highest BCUT2D eigenvalue weighted by Crippen LogP contribution is 2.28. The van der Waals surface area contributed by atoms with Crippen LogP contribution < -0.4 is 9.46 Å². The molecule has 2 N–H and O–H groups in total. The zero-order chi connectivity index (χ0) is 19.3. The fraction of sp³-hybridized carbons (Fsp3) is 0.235. The molecule has 0 aliphatic carbocycles. The minimum absolute atomic E-state index is 0.0252. The van der Waals surface area contributed by atoms with Gasteiger partial charge in [0.05, 0.1) is 24.2 Å². The van der Waals surface area contributed by atoms with Gasteiger partial charge in [-0.3, -0.25) is 0 Å². The van der Waals surface area contributed by atoms with Gasteiger partial charge < -0.3 is 14.6 Å². The minimum Gasteiger partial charge on any atom is -0.494 e. The predicted molar refractivity (Wildman–Crippen MR) is 92.4 cm³/mol. The average Bonchev–Trinajstić information content (AvgIpc) is 2.61. The van der Waals surface area contributed by atoms with Gasteiger partial charge in [-0.2, -0.15) is 0 Å². The average molecular weight is 383 g/mol. The summed E-state index contributed by atoms with van der Waals surface area (Å²) < 4.78 is 50.7. The molecule has 0 saturated carbocycles. The molecule has 9 heteroatoms. The van der Waals surface area contributed by atoms with Gasteiger partial charge in [-0.1, -0.05) is 6.07 Å². The normalized spacial score (nSPS) is 11.3. The number of hydrogen-bond donors (Lipinski definition) is 2. The van der Waals surface area contributed by atoms with Crippen molar-refractivity contribution in [2.75, 3.05) is 27.4 Å². The third kappa shape index (κ3) is 4.57. The summed E-state index contributed by atoms with van der Waals surface area (Å²) in [4.78, 5) is 11.1. The molecule has 0 aliphatic rings. The van der Waals surface area contributed by atoms with E-state index in [1.54, 1.807) is 0 Å². The molecule has 0 saturated heterocycles. The van der Waals surface area contributed by atoms with E-state index in [0.29, 0.717) is 5.56 Å². The van der Waals surface area contributed by atoms with Gasteiger partial charge >= 0.3 is 5.97 Å². The molecular weight excluding hydrogens is 365 g/mol. The second-order valence-corrected chi connectivity index (χ2v) is 7.06. The zero-order valence-corrected chi connectivity index (χ0v) is 15.0. The van der Waals surface area contributed by atoms with Crippen LogP contribution in [0.1, 0.15) is 10.4 Å². The van der Waals surface area contributed by atoms with Gasteiger partial charge in [-0.05, 0) is 41.5 Å². The molecular formula is C17H18FNO6S. The van der Waals surface area contributed by atoms with Crippen molar-refractivity contribution in [3.63, 3.8) is 0 Å². The molecule has 0 unspecified atom stereocenters. The van der Waals surface area contributed by atoms with Crippen molar-refractivity contribution in [3.05, 3.63) is 47.8 Å². The highest BCUT2D eigenvalue weighted by molar-refractivity contribution is 7.89. The Morgan fingerprint density at radius 3 is 2.46 bits per heavy atom. The maximum atomic E-state index is 13.9. The van der Waals surface area contributed by atoms with Gasteiger partial charge in [0.2, 0.25) is 10.0 Å². The Bertz CT molecular complexity index is 913. The molecule has 2 aromatic rings. The fourth-order valence-electron chi connectivity index (χ4n) is 2.25. The fourth-order valence-corrected chi connectivity index (χ4v) is 3.33. The third-order valence-electron chi connectivity index (χ3n) is 3.55. The van der Waals surface area contributed by atoms with Crippen molar-refractivity contribution in [1.82, 2.24) is 4.72 Å². The number of carbonyl (C=O) groups is 1. The van der Waals surface area contributed by atoms with E-state index in [2.05, 4.69) is 4.72 Å². The molecule has 0 bridgehead atoms. The van der Waals surface area contributed by atoms with Gasteiger partial charge in [0.15, 0.2) is 11.6 Å². The summed E-state index contributed by atoms with van der Waals surface area (Å²) in [7, 11) is -1.21. The molecule has 0 heterocycles. The number of carboxylic acids is 1. The van der Waals surface area contributed by atoms with E-state index in [-0.39, 0.29) is 34.9 Å². The first kappa shape index (κ1) is 19.8. The van der Waals surface area contributed by atoms with Crippen LogP contribution >= 0.6 is 0 Å². The predicted octanol–water partition coefficient (Wildman–Crippen LogP) is 2.12. The number of nitrogens with one attached hydrogen (secondary N) is 1. The van der Waals surface area contributed by atoms with Crippen molar-refractivity contribution in [2.24, 2.45) is 0 Å². The molecule has 0 spiro atoms. The molecule has 2 aromatic carbocycles. The molecule has 140 valence electrons. The van der Waals surface area contributed by atoms with Crippen LogP contribution in [0.5, 0.6) is 5.75 Å². The molecule has 0 radical (unpaired) electrons. The molecule has 0 aromatic heterocycles. The number of halogens is 1. The van der Waals surface area contributed by atoms with Crippen LogP contribution in [0, 0.1) is 5.82 Å². The Balaban J connectivity index is 2.52. The Morgan fingerprint density at radius 1 is 1.15 bits per heavy atom. The number of benzene rings is 2. The standard InChI is InChI=1S/C17H18FNO6S/c1-24-6-5-19-26(22,23)14-8-12(7-13(9-14)17(20)21)11-3-4-16(25-2)15(18)10-11/h3-4,7-10,19H,5-6H2,1-2H3,(H,20,21). The number of sulfonamides is 1. The largest absolute Gasteiger partial charge is 0.494 e. The molecule has 26 heavy (non-hydrogen) atoms. The lowest BCUT2D eigenvalue weighted by Gasteiger charge is -2.11. The van der Waals surface area contributed by atoms with Crippen molar-refractivity contribution >= 4 is 16.0 Å². The lowest BCUT2D eigenvalue weighted by Crippen LogP contribution is -2.27. The second kappa shape index (κ2) is 8.26. The van der Waals surface area contributed by atoms with Crippen LogP contribution in [0.15, 0.2) is 41.3 Å². The topological polar surface area (TPSA) is 102 Å². The van der Waals surface area contributed by atoms with Gasteiger partial charge in [0.25, 0.3) is 0 Å². The Morgan fingerprint density at radius 2 is 1.88 bits per heavy atom. The summed E-state index contributed by atoms with van der Waals surface area (Å²) in [5.74, 6) is -1.92. The van der Waals surface area contributed by atoms with E-state index in [4.69, 9.17) is 9.47 Å². The maximum Gasteiger partial charge on any atom is 0.335 e. The summed E-state index contributed by atoms with van der Waals surface area (Å²) >= 11 is 0. The second-order valence-electron chi connectivity index (χ2n) is 5.29. The lowest BCUT2D eigenvalue weighted by molar-refractivity contribution is 0.0696. The van der Waals surface area contributed by atoms with Gasteiger partial charge in [-0.15, -0.1) is 0 Å². The Kier molecular flexibility index (Phi) is 6.30. The first-order valence-electron chi connectivity index (χ1n) is 7.49. The summed E-state index contributed by atoms with van der Waals surface area (Å²) in [5, 5.41) is 9.27. The Hall–Kier alpha value is -2.49. The minimum atomic E-state index is -3.95. The van der Waals surface area contributed by atoms with Crippen LogP contribution in [-0.2, 0) is 14.8 Å².